The van der Waals surface area contributed by atoms with E-state index < -0.39 is 0 Å². The molecule has 0 aliphatic heterocycles. The van der Waals surface area contributed by atoms with Gasteiger partial charge in [0.05, 0.1) is 12.8 Å². The molecule has 0 unspecified atom stereocenters. The standard InChI is InChI=1S/C14H14NO2/c16-14(15-11-13-7-4-10-17-13)9-8-12-5-2-1-3-6-12/h2-7,10H,8-9,11H2,(H,15,16). The van der Waals surface area contributed by atoms with Crippen molar-refractivity contribution in [3.8, 4) is 0 Å². The number of carbonyl (C=O) groups excluding carboxylic acids is 1. The Kier molecular flexibility index (Phi) is 3.97. The fourth-order valence-electron chi connectivity index (χ4n) is 1.53. The molecule has 2 rings (SSSR count). The van der Waals surface area contributed by atoms with Crippen molar-refractivity contribution in [1.29, 1.82) is 0 Å². The number of amides is 1. The maximum atomic E-state index is 11.6. The minimum absolute atomic E-state index is 0.0363. The van der Waals surface area contributed by atoms with E-state index in [1.807, 2.05) is 36.4 Å². The molecular formula is C14H14NO2. The Labute approximate surface area is 100 Å². The highest BCUT2D eigenvalue weighted by Gasteiger charge is 2.03. The van der Waals surface area contributed by atoms with Crippen molar-refractivity contribution in [3.05, 3.63) is 60.1 Å². The third-order valence-electron chi connectivity index (χ3n) is 2.47. The fraction of sp³-hybridized carbons (Fsp3) is 0.214. The van der Waals surface area contributed by atoms with Crippen LogP contribution in [0.25, 0.3) is 0 Å². The molecule has 3 heteroatoms. The molecule has 1 heterocycles. The Balaban J connectivity index is 1.71. The van der Waals surface area contributed by atoms with Gasteiger partial charge in [0.15, 0.2) is 0 Å². The summed E-state index contributed by atoms with van der Waals surface area (Å²) in [5.41, 5.74) is 1.15. The van der Waals surface area contributed by atoms with Crippen LogP contribution in [0.1, 0.15) is 17.7 Å². The zero-order valence-corrected chi connectivity index (χ0v) is 9.48. The highest BCUT2D eigenvalue weighted by molar-refractivity contribution is 5.76. The summed E-state index contributed by atoms with van der Waals surface area (Å²) in [6.07, 6.45) is 2.84. The Hall–Kier alpha value is -2.03. The van der Waals surface area contributed by atoms with Gasteiger partial charge >= 0.3 is 0 Å². The minimum atomic E-state index is 0.0363. The molecule has 17 heavy (non-hydrogen) atoms. The van der Waals surface area contributed by atoms with E-state index in [1.165, 1.54) is 0 Å². The molecule has 0 saturated heterocycles. The molecule has 0 spiro atoms. The minimum Gasteiger partial charge on any atom is -0.467 e. The molecule has 0 aliphatic carbocycles. The first-order chi connectivity index (χ1) is 8.34. The lowest BCUT2D eigenvalue weighted by Crippen LogP contribution is -2.22. The molecule has 0 bridgehead atoms. The predicted octanol–water partition coefficient (Wildman–Crippen LogP) is 2.33. The lowest BCUT2D eigenvalue weighted by atomic mass is 10.1. The topological polar surface area (TPSA) is 42.2 Å². The van der Waals surface area contributed by atoms with E-state index in [2.05, 4.69) is 11.4 Å². The average molecular weight is 228 g/mol. The number of rotatable bonds is 5. The zero-order valence-electron chi connectivity index (χ0n) is 9.48. The Morgan fingerprint density at radius 3 is 2.82 bits per heavy atom. The number of nitrogens with one attached hydrogen (secondary N) is 1. The first-order valence-electron chi connectivity index (χ1n) is 5.58. The Bertz CT molecular complexity index is 448. The van der Waals surface area contributed by atoms with Crippen molar-refractivity contribution in [3.63, 3.8) is 0 Å². The van der Waals surface area contributed by atoms with E-state index in [4.69, 9.17) is 4.42 Å². The molecule has 87 valence electrons. The molecular weight excluding hydrogens is 214 g/mol. The summed E-state index contributed by atoms with van der Waals surface area (Å²) in [6.45, 7) is 0.453. The molecule has 0 saturated carbocycles. The van der Waals surface area contributed by atoms with E-state index in [0.29, 0.717) is 13.0 Å². The van der Waals surface area contributed by atoms with Crippen LogP contribution < -0.4 is 5.32 Å². The largest absolute Gasteiger partial charge is 0.467 e. The SMILES string of the molecule is O=C(CCc1cc[c]cc1)NCc1ccco1. The number of benzene rings is 1. The Morgan fingerprint density at radius 2 is 2.12 bits per heavy atom. The maximum Gasteiger partial charge on any atom is 0.220 e. The molecule has 0 atom stereocenters. The normalized spacial score (nSPS) is 10.1. The quantitative estimate of drug-likeness (QED) is 0.853. The van der Waals surface area contributed by atoms with Gasteiger partial charge in [-0.15, -0.1) is 0 Å². The van der Waals surface area contributed by atoms with Gasteiger partial charge in [0.2, 0.25) is 5.91 Å². The summed E-state index contributed by atoms with van der Waals surface area (Å²) < 4.78 is 5.13. The van der Waals surface area contributed by atoms with E-state index in [1.54, 1.807) is 6.26 Å². The van der Waals surface area contributed by atoms with Gasteiger partial charge in [0.25, 0.3) is 0 Å². The molecule has 1 aromatic heterocycles. The highest BCUT2D eigenvalue weighted by atomic mass is 16.3. The summed E-state index contributed by atoms with van der Waals surface area (Å²) in [5.74, 6) is 0.807. The van der Waals surface area contributed by atoms with Gasteiger partial charge in [-0.2, -0.15) is 0 Å². The average Bonchev–Trinajstić information content (AvgIpc) is 2.88. The molecule has 1 N–H and O–H groups in total. The van der Waals surface area contributed by atoms with Gasteiger partial charge in [-0.05, 0) is 30.2 Å². The van der Waals surface area contributed by atoms with E-state index in [-0.39, 0.29) is 5.91 Å². The van der Waals surface area contributed by atoms with Crippen LogP contribution in [0.4, 0.5) is 0 Å². The van der Waals surface area contributed by atoms with E-state index >= 15 is 0 Å². The fourth-order valence-corrected chi connectivity index (χ4v) is 1.53. The Morgan fingerprint density at radius 1 is 1.29 bits per heavy atom. The van der Waals surface area contributed by atoms with Crippen molar-refractivity contribution in [1.82, 2.24) is 5.32 Å². The summed E-state index contributed by atoms with van der Waals surface area (Å²) in [4.78, 5) is 11.6. The number of hydrogen-bond acceptors (Lipinski definition) is 2. The first kappa shape index (κ1) is 11.5. The third kappa shape index (κ3) is 3.79. The second-order valence-electron chi connectivity index (χ2n) is 3.76. The molecule has 1 amide bonds. The van der Waals surface area contributed by atoms with Crippen molar-refractivity contribution in [2.75, 3.05) is 0 Å². The number of furan rings is 1. The summed E-state index contributed by atoms with van der Waals surface area (Å²) in [5, 5.41) is 2.81. The smallest absolute Gasteiger partial charge is 0.220 e. The summed E-state index contributed by atoms with van der Waals surface area (Å²) >= 11 is 0. The molecule has 3 nitrogen and oxygen atoms in total. The van der Waals surface area contributed by atoms with Crippen LogP contribution in [0.5, 0.6) is 0 Å². The van der Waals surface area contributed by atoms with Crippen LogP contribution in [0, 0.1) is 6.07 Å². The molecule has 1 radical (unpaired) electrons. The van der Waals surface area contributed by atoms with Crippen molar-refractivity contribution in [2.24, 2.45) is 0 Å². The molecule has 0 fully saturated rings. The first-order valence-corrected chi connectivity index (χ1v) is 5.58. The van der Waals surface area contributed by atoms with Crippen LogP contribution >= 0.6 is 0 Å². The molecule has 0 aliphatic rings. The molecule has 2 aromatic rings. The lowest BCUT2D eigenvalue weighted by Gasteiger charge is -2.03. The van der Waals surface area contributed by atoms with Crippen LogP contribution in [-0.4, -0.2) is 5.91 Å². The van der Waals surface area contributed by atoms with Crippen LogP contribution in [0.2, 0.25) is 0 Å². The monoisotopic (exact) mass is 228 g/mol. The van der Waals surface area contributed by atoms with Crippen molar-refractivity contribution in [2.45, 2.75) is 19.4 Å². The van der Waals surface area contributed by atoms with Crippen molar-refractivity contribution >= 4 is 5.91 Å². The lowest BCUT2D eigenvalue weighted by molar-refractivity contribution is -0.121. The highest BCUT2D eigenvalue weighted by Crippen LogP contribution is 2.03. The van der Waals surface area contributed by atoms with Gasteiger partial charge in [-0.3, -0.25) is 4.79 Å². The maximum absolute atomic E-state index is 11.6. The van der Waals surface area contributed by atoms with Crippen LogP contribution in [0.3, 0.4) is 0 Å². The predicted molar refractivity (Wildman–Crippen MR) is 64.2 cm³/mol. The second kappa shape index (κ2) is 5.89. The number of hydrogen-bond donors (Lipinski definition) is 1. The van der Waals surface area contributed by atoms with Crippen molar-refractivity contribution < 1.29 is 9.21 Å². The number of carbonyl (C=O) groups is 1. The number of aryl methyl sites for hydroxylation is 1. The van der Waals surface area contributed by atoms with Gasteiger partial charge in [0, 0.05) is 6.42 Å². The third-order valence-corrected chi connectivity index (χ3v) is 2.47. The van der Waals surface area contributed by atoms with E-state index in [9.17, 15) is 4.79 Å². The molecule has 1 aromatic carbocycles. The van der Waals surface area contributed by atoms with Gasteiger partial charge < -0.3 is 9.73 Å². The summed E-state index contributed by atoms with van der Waals surface area (Å²) in [7, 11) is 0. The van der Waals surface area contributed by atoms with Crippen LogP contribution in [0.15, 0.2) is 47.1 Å². The van der Waals surface area contributed by atoms with Crippen LogP contribution in [-0.2, 0) is 17.8 Å². The zero-order chi connectivity index (χ0) is 11.9. The van der Waals surface area contributed by atoms with Gasteiger partial charge in [-0.1, -0.05) is 24.3 Å². The van der Waals surface area contributed by atoms with Gasteiger partial charge in [0.1, 0.15) is 5.76 Å². The second-order valence-corrected chi connectivity index (χ2v) is 3.76. The van der Waals surface area contributed by atoms with Gasteiger partial charge in [-0.25, -0.2) is 0 Å². The summed E-state index contributed by atoms with van der Waals surface area (Å²) in [6, 6.07) is 14.3. The van der Waals surface area contributed by atoms with E-state index in [0.717, 1.165) is 17.7 Å².